The lowest BCUT2D eigenvalue weighted by Crippen LogP contribution is -2.11. The number of carbonyl (C=O) groups excluding carboxylic acids is 1. The second-order valence-electron chi connectivity index (χ2n) is 6.11. The molecule has 0 aliphatic carbocycles. The van der Waals surface area contributed by atoms with Crippen molar-refractivity contribution in [1.29, 1.82) is 5.26 Å². The molecule has 1 heterocycles. The highest BCUT2D eigenvalue weighted by Crippen LogP contribution is 2.31. The number of hydrogen-bond acceptors (Lipinski definition) is 4. The monoisotopic (exact) mass is 346 g/mol. The molecule has 1 aromatic heterocycles. The summed E-state index contributed by atoms with van der Waals surface area (Å²) in [5, 5.41) is 23.5. The van der Waals surface area contributed by atoms with Crippen molar-refractivity contribution >= 4 is 5.91 Å². The van der Waals surface area contributed by atoms with E-state index in [0.29, 0.717) is 12.1 Å². The van der Waals surface area contributed by atoms with Gasteiger partial charge < -0.3 is 10.8 Å². The number of aryl methyl sites for hydroxylation is 1. The highest BCUT2D eigenvalue weighted by molar-refractivity contribution is 5.92. The Bertz CT molecular complexity index is 1030. The summed E-state index contributed by atoms with van der Waals surface area (Å²) in [6.07, 6.45) is 0. The van der Waals surface area contributed by atoms with Crippen LogP contribution in [-0.4, -0.2) is 20.8 Å². The quantitative estimate of drug-likeness (QED) is 0.757. The average molecular weight is 346 g/mol. The number of aromatic nitrogens is 2. The molecule has 0 unspecified atom stereocenters. The molecule has 26 heavy (non-hydrogen) atoms. The number of nitrogens with two attached hydrogens (primary N) is 1. The van der Waals surface area contributed by atoms with Crippen LogP contribution in [0.15, 0.2) is 42.5 Å². The predicted molar refractivity (Wildman–Crippen MR) is 97.6 cm³/mol. The lowest BCUT2D eigenvalue weighted by Gasteiger charge is -2.07. The SMILES string of the molecule is Cc1nn(Cc2ccc(C(N)=O)cc2)c(C)c1-c1ccc(C#N)c(O)c1. The van der Waals surface area contributed by atoms with Crippen molar-refractivity contribution < 1.29 is 9.90 Å². The Hall–Kier alpha value is -3.59. The van der Waals surface area contributed by atoms with Gasteiger partial charge in [-0.25, -0.2) is 0 Å². The fourth-order valence-corrected chi connectivity index (χ4v) is 3.00. The predicted octanol–water partition coefficient (Wildman–Crippen LogP) is 2.89. The summed E-state index contributed by atoms with van der Waals surface area (Å²) in [6.45, 7) is 4.42. The molecule has 0 saturated carbocycles. The molecule has 0 spiro atoms. The molecule has 0 aliphatic heterocycles. The van der Waals surface area contributed by atoms with E-state index < -0.39 is 5.91 Å². The summed E-state index contributed by atoms with van der Waals surface area (Å²) in [7, 11) is 0. The molecule has 0 fully saturated rings. The minimum absolute atomic E-state index is 0.0430. The molecule has 3 aromatic rings. The second kappa shape index (κ2) is 6.73. The van der Waals surface area contributed by atoms with Gasteiger partial charge in [0, 0.05) is 16.8 Å². The van der Waals surface area contributed by atoms with Crippen molar-refractivity contribution in [3.63, 3.8) is 0 Å². The number of amides is 1. The zero-order chi connectivity index (χ0) is 18.8. The summed E-state index contributed by atoms with van der Waals surface area (Å²) >= 11 is 0. The van der Waals surface area contributed by atoms with E-state index in [2.05, 4.69) is 5.10 Å². The number of carbonyl (C=O) groups is 1. The molecule has 0 aliphatic rings. The van der Waals surface area contributed by atoms with E-state index in [1.165, 1.54) is 0 Å². The van der Waals surface area contributed by atoms with Crippen LogP contribution in [0.25, 0.3) is 11.1 Å². The van der Waals surface area contributed by atoms with Gasteiger partial charge in [0.15, 0.2) is 0 Å². The largest absolute Gasteiger partial charge is 0.507 e. The standard InChI is InChI=1S/C20H18N4O2/c1-12-19(16-7-8-17(10-21)18(25)9-16)13(2)24(23-12)11-14-3-5-15(6-4-14)20(22)26/h3-9,25H,11H2,1-2H3,(H2,22,26). The number of aromatic hydroxyl groups is 1. The van der Waals surface area contributed by atoms with Gasteiger partial charge in [-0.1, -0.05) is 18.2 Å². The Balaban J connectivity index is 1.94. The van der Waals surface area contributed by atoms with Gasteiger partial charge in [0.2, 0.25) is 5.91 Å². The Morgan fingerprint density at radius 3 is 2.50 bits per heavy atom. The number of nitriles is 1. The van der Waals surface area contributed by atoms with E-state index >= 15 is 0 Å². The van der Waals surface area contributed by atoms with Crippen LogP contribution < -0.4 is 5.73 Å². The molecule has 1 amide bonds. The minimum Gasteiger partial charge on any atom is -0.507 e. The molecule has 0 saturated heterocycles. The number of nitrogens with zero attached hydrogens (tertiary/aromatic N) is 3. The summed E-state index contributed by atoms with van der Waals surface area (Å²) < 4.78 is 1.87. The maximum atomic E-state index is 11.2. The Morgan fingerprint density at radius 2 is 1.92 bits per heavy atom. The fraction of sp³-hybridized carbons (Fsp3) is 0.150. The van der Waals surface area contributed by atoms with Crippen molar-refractivity contribution in [3.8, 4) is 22.9 Å². The van der Waals surface area contributed by atoms with E-state index in [-0.39, 0.29) is 11.3 Å². The van der Waals surface area contributed by atoms with Crippen molar-refractivity contribution in [1.82, 2.24) is 9.78 Å². The number of benzene rings is 2. The minimum atomic E-state index is -0.453. The third-order valence-electron chi connectivity index (χ3n) is 4.36. The van der Waals surface area contributed by atoms with Gasteiger partial charge in [0.1, 0.15) is 11.8 Å². The highest BCUT2D eigenvalue weighted by atomic mass is 16.3. The molecule has 3 rings (SSSR count). The molecule has 3 N–H and O–H groups in total. The van der Waals surface area contributed by atoms with Crippen LogP contribution in [0.4, 0.5) is 0 Å². The molecule has 6 heteroatoms. The van der Waals surface area contributed by atoms with Crippen LogP contribution in [0.3, 0.4) is 0 Å². The van der Waals surface area contributed by atoms with Crippen LogP contribution in [-0.2, 0) is 6.54 Å². The van der Waals surface area contributed by atoms with Gasteiger partial charge in [0.05, 0.1) is 17.8 Å². The first-order chi connectivity index (χ1) is 12.4. The number of phenolic OH excluding ortho intramolecular Hbond substituents is 1. The molecule has 130 valence electrons. The molecule has 6 nitrogen and oxygen atoms in total. The molecular formula is C20H18N4O2. The summed E-state index contributed by atoms with van der Waals surface area (Å²) in [4.78, 5) is 11.2. The number of hydrogen-bond donors (Lipinski definition) is 2. The smallest absolute Gasteiger partial charge is 0.248 e. The Labute approximate surface area is 151 Å². The van der Waals surface area contributed by atoms with Gasteiger partial charge in [0.25, 0.3) is 0 Å². The van der Waals surface area contributed by atoms with E-state index in [9.17, 15) is 9.90 Å². The lowest BCUT2D eigenvalue weighted by molar-refractivity contribution is 0.100. The Kier molecular flexibility index (Phi) is 4.46. The molecular weight excluding hydrogens is 328 g/mol. The van der Waals surface area contributed by atoms with Gasteiger partial charge in [-0.15, -0.1) is 0 Å². The number of rotatable bonds is 4. The lowest BCUT2D eigenvalue weighted by atomic mass is 10.0. The number of phenols is 1. The fourth-order valence-electron chi connectivity index (χ4n) is 3.00. The highest BCUT2D eigenvalue weighted by Gasteiger charge is 2.15. The van der Waals surface area contributed by atoms with Crippen molar-refractivity contribution in [3.05, 3.63) is 70.5 Å². The third-order valence-corrected chi connectivity index (χ3v) is 4.36. The average Bonchev–Trinajstić information content (AvgIpc) is 2.89. The molecule has 2 aromatic carbocycles. The first-order valence-corrected chi connectivity index (χ1v) is 8.07. The van der Waals surface area contributed by atoms with E-state index in [1.807, 2.05) is 36.7 Å². The first kappa shape index (κ1) is 17.2. The van der Waals surface area contributed by atoms with Crippen LogP contribution in [0.2, 0.25) is 0 Å². The van der Waals surface area contributed by atoms with Crippen LogP contribution >= 0.6 is 0 Å². The third kappa shape index (κ3) is 3.15. The zero-order valence-corrected chi connectivity index (χ0v) is 14.5. The van der Waals surface area contributed by atoms with Crippen LogP contribution in [0.5, 0.6) is 5.75 Å². The summed E-state index contributed by atoms with van der Waals surface area (Å²) in [6, 6.07) is 14.0. The number of primary amides is 1. The maximum absolute atomic E-state index is 11.2. The van der Waals surface area contributed by atoms with Crippen LogP contribution in [0, 0.1) is 25.2 Å². The van der Waals surface area contributed by atoms with E-state index in [4.69, 9.17) is 11.0 Å². The first-order valence-electron chi connectivity index (χ1n) is 8.07. The summed E-state index contributed by atoms with van der Waals surface area (Å²) in [5.41, 5.74) is 10.5. The molecule has 0 radical (unpaired) electrons. The van der Waals surface area contributed by atoms with Gasteiger partial charge in [-0.05, 0) is 49.2 Å². The van der Waals surface area contributed by atoms with E-state index in [0.717, 1.165) is 28.1 Å². The van der Waals surface area contributed by atoms with Crippen molar-refractivity contribution in [2.75, 3.05) is 0 Å². The van der Waals surface area contributed by atoms with Crippen molar-refractivity contribution in [2.24, 2.45) is 5.73 Å². The maximum Gasteiger partial charge on any atom is 0.248 e. The van der Waals surface area contributed by atoms with Gasteiger partial charge >= 0.3 is 0 Å². The Morgan fingerprint density at radius 1 is 1.23 bits per heavy atom. The zero-order valence-electron chi connectivity index (χ0n) is 14.5. The molecule has 0 atom stereocenters. The van der Waals surface area contributed by atoms with Gasteiger partial charge in [-0.3, -0.25) is 9.48 Å². The topological polar surface area (TPSA) is 105 Å². The van der Waals surface area contributed by atoms with Crippen molar-refractivity contribution in [2.45, 2.75) is 20.4 Å². The normalized spacial score (nSPS) is 10.5. The van der Waals surface area contributed by atoms with Gasteiger partial charge in [-0.2, -0.15) is 10.4 Å². The van der Waals surface area contributed by atoms with Crippen LogP contribution in [0.1, 0.15) is 32.9 Å². The second-order valence-corrected chi connectivity index (χ2v) is 6.11. The van der Waals surface area contributed by atoms with E-state index in [1.54, 1.807) is 30.3 Å². The molecule has 0 bridgehead atoms. The summed E-state index contributed by atoms with van der Waals surface area (Å²) in [5.74, 6) is -0.496.